The average Bonchev–Trinajstić information content (AvgIpc) is 3.42. The van der Waals surface area contributed by atoms with Gasteiger partial charge in [-0.05, 0) is 77.5 Å². The van der Waals surface area contributed by atoms with E-state index in [-0.39, 0.29) is 0 Å². The fourth-order valence-corrected chi connectivity index (χ4v) is 5.83. The molecule has 0 radical (unpaired) electrons. The molecule has 2 aliphatic rings. The number of nitrogens with one attached hydrogen (secondary N) is 1. The van der Waals surface area contributed by atoms with Crippen LogP contribution in [-0.2, 0) is 16.4 Å². The molecule has 1 saturated carbocycles. The van der Waals surface area contributed by atoms with Crippen molar-refractivity contribution in [3.8, 4) is 11.8 Å². The van der Waals surface area contributed by atoms with Crippen molar-refractivity contribution in [2.45, 2.75) is 82.3 Å². The van der Waals surface area contributed by atoms with Crippen LogP contribution in [0.1, 0.15) is 64.5 Å². The summed E-state index contributed by atoms with van der Waals surface area (Å²) in [6.07, 6.45) is -2.64. The van der Waals surface area contributed by atoms with E-state index in [0.29, 0.717) is 6.04 Å². The molecule has 1 heterocycles. The van der Waals surface area contributed by atoms with Crippen LogP contribution in [0.3, 0.4) is 0 Å². The van der Waals surface area contributed by atoms with Crippen LogP contribution >= 0.6 is 0 Å². The summed E-state index contributed by atoms with van der Waals surface area (Å²) in [7, 11) is -4.60. The zero-order valence-corrected chi connectivity index (χ0v) is 18.7. The van der Waals surface area contributed by atoms with Crippen molar-refractivity contribution in [3.63, 3.8) is 0 Å². The van der Waals surface area contributed by atoms with Gasteiger partial charge in [-0.25, -0.2) is 8.42 Å². The summed E-state index contributed by atoms with van der Waals surface area (Å²) in [5.41, 5.74) is 1.71. The topological polar surface area (TPSA) is 49.4 Å². The van der Waals surface area contributed by atoms with Gasteiger partial charge in [-0.1, -0.05) is 17.9 Å². The Morgan fingerprint density at radius 2 is 1.83 bits per heavy atom. The highest BCUT2D eigenvalue weighted by molar-refractivity contribution is 7.91. The summed E-state index contributed by atoms with van der Waals surface area (Å²) < 4.78 is 64.3. The van der Waals surface area contributed by atoms with Gasteiger partial charge in [0.05, 0.1) is 5.54 Å². The molecule has 0 unspecified atom stereocenters. The minimum Gasteiger partial charge on any atom is -0.369 e. The van der Waals surface area contributed by atoms with Crippen molar-refractivity contribution in [1.29, 1.82) is 0 Å². The Hall–Kier alpha value is -1.72. The maximum atomic E-state index is 13.3. The second-order valence-electron chi connectivity index (χ2n) is 9.02. The number of alkyl halides is 3. The largest absolute Gasteiger partial charge is 0.409 e. The Morgan fingerprint density at radius 3 is 2.40 bits per heavy atom. The predicted molar refractivity (Wildman–Crippen MR) is 113 cm³/mol. The molecular weight excluding hydrogens is 413 g/mol. The number of hydrogen-bond donors (Lipinski definition) is 1. The summed E-state index contributed by atoms with van der Waals surface area (Å²) in [4.78, 5) is 2.33. The molecule has 8 heteroatoms. The zero-order chi connectivity index (χ0) is 22.4. The lowest BCUT2D eigenvalue weighted by Gasteiger charge is -2.29. The third kappa shape index (κ3) is 4.33. The molecule has 3 rings (SSSR count). The van der Waals surface area contributed by atoms with E-state index >= 15 is 0 Å². The maximum Gasteiger partial charge on any atom is 0.409 e. The first kappa shape index (κ1) is 23.0. The molecule has 1 fully saturated rings. The molecule has 30 heavy (non-hydrogen) atoms. The van der Waals surface area contributed by atoms with E-state index in [1.807, 2.05) is 12.1 Å². The number of nitrogens with zero attached hydrogens (tertiary/aromatic N) is 1. The molecule has 166 valence electrons. The van der Waals surface area contributed by atoms with Crippen molar-refractivity contribution < 1.29 is 21.6 Å². The fourth-order valence-electron chi connectivity index (χ4n) is 3.97. The lowest BCUT2D eigenvalue weighted by Crippen LogP contribution is -2.52. The summed E-state index contributed by atoms with van der Waals surface area (Å²) in [6, 6.07) is 6.22. The van der Waals surface area contributed by atoms with Gasteiger partial charge in [0.25, 0.3) is 0 Å². The van der Waals surface area contributed by atoms with Gasteiger partial charge in [-0.3, -0.25) is 0 Å². The molecule has 0 atom stereocenters. The van der Waals surface area contributed by atoms with Gasteiger partial charge >= 0.3 is 6.18 Å². The fraction of sp³-hybridized carbons (Fsp3) is 0.636. The van der Waals surface area contributed by atoms with Gasteiger partial charge in [0, 0.05) is 23.8 Å². The van der Waals surface area contributed by atoms with Gasteiger partial charge in [-0.15, -0.1) is 0 Å². The van der Waals surface area contributed by atoms with Gasteiger partial charge < -0.3 is 4.90 Å². The predicted octanol–water partition coefficient (Wildman–Crippen LogP) is 4.38. The number of benzene rings is 1. The monoisotopic (exact) mass is 442 g/mol. The van der Waals surface area contributed by atoms with Crippen LogP contribution in [0.25, 0.3) is 0 Å². The number of halogens is 3. The quantitative estimate of drug-likeness (QED) is 0.704. The first-order valence-corrected chi connectivity index (χ1v) is 11.8. The van der Waals surface area contributed by atoms with Crippen molar-refractivity contribution >= 4 is 15.7 Å². The van der Waals surface area contributed by atoms with E-state index in [1.54, 1.807) is 0 Å². The average molecular weight is 443 g/mol. The maximum absolute atomic E-state index is 13.3. The Kier molecular flexibility index (Phi) is 5.94. The molecule has 0 bridgehead atoms. The van der Waals surface area contributed by atoms with Crippen molar-refractivity contribution in [3.05, 3.63) is 29.3 Å². The second-order valence-corrected chi connectivity index (χ2v) is 11.0. The minimum atomic E-state index is -4.79. The van der Waals surface area contributed by atoms with Crippen LogP contribution in [0.5, 0.6) is 0 Å². The van der Waals surface area contributed by atoms with Gasteiger partial charge in [-0.2, -0.15) is 17.9 Å². The summed E-state index contributed by atoms with van der Waals surface area (Å²) in [5.74, 6) is 5.92. The van der Waals surface area contributed by atoms with Crippen molar-refractivity contribution in [2.75, 3.05) is 11.4 Å². The highest BCUT2D eigenvalue weighted by atomic mass is 32.2. The smallest absolute Gasteiger partial charge is 0.369 e. The molecule has 1 aliphatic carbocycles. The van der Waals surface area contributed by atoms with Gasteiger partial charge in [0.2, 0.25) is 10.0 Å². The summed E-state index contributed by atoms with van der Waals surface area (Å²) in [6.45, 7) is 8.23. The third-order valence-electron chi connectivity index (χ3n) is 5.79. The Morgan fingerprint density at radius 1 is 1.17 bits per heavy atom. The number of fused-ring (bicyclic) bond motifs is 1. The summed E-state index contributed by atoms with van der Waals surface area (Å²) in [5, 5.41) is 0. The number of anilines is 1. The van der Waals surface area contributed by atoms with Crippen LogP contribution in [-0.4, -0.2) is 37.5 Å². The molecule has 0 spiro atoms. The highest BCUT2D eigenvalue weighted by Gasteiger charge is 2.72. The molecule has 1 N–H and O–H groups in total. The standard InChI is InChI=1S/C22H29F3N2O2S/c1-16(2)27-15-6-5-9-18-17(8-7-10-19(18)27)11-12-20(3,4)26-30(28,29)21(13-14-21)22(23,24)25/h7-8,10,16,26H,5-6,9,13-15H2,1-4H3. The molecule has 0 saturated heterocycles. The van der Waals surface area contributed by atoms with E-state index in [4.69, 9.17) is 0 Å². The molecule has 1 aromatic rings. The number of hydrogen-bond acceptors (Lipinski definition) is 3. The molecule has 1 aromatic carbocycles. The second kappa shape index (κ2) is 7.76. The van der Waals surface area contributed by atoms with Crippen LogP contribution < -0.4 is 9.62 Å². The van der Waals surface area contributed by atoms with Crippen LogP contribution in [0, 0.1) is 11.8 Å². The molecule has 4 nitrogen and oxygen atoms in total. The van der Waals surface area contributed by atoms with Crippen LogP contribution in [0.4, 0.5) is 18.9 Å². The zero-order valence-electron chi connectivity index (χ0n) is 17.9. The van der Waals surface area contributed by atoms with Gasteiger partial charge in [0.15, 0.2) is 4.75 Å². The third-order valence-corrected chi connectivity index (χ3v) is 8.24. The summed E-state index contributed by atoms with van der Waals surface area (Å²) >= 11 is 0. The lowest BCUT2D eigenvalue weighted by atomic mass is 9.99. The normalized spacial score (nSPS) is 19.0. The molecule has 0 aromatic heterocycles. The molecule has 1 aliphatic heterocycles. The van der Waals surface area contributed by atoms with E-state index in [0.717, 1.165) is 42.6 Å². The SMILES string of the molecule is CC(C)N1CCCCc2c(C#CC(C)(C)NS(=O)(=O)C3(C(F)(F)F)CC3)cccc21. The minimum absolute atomic E-state index is 0.338. The first-order chi connectivity index (χ1) is 13.8. The van der Waals surface area contributed by atoms with Crippen LogP contribution in [0.2, 0.25) is 0 Å². The van der Waals surface area contributed by atoms with E-state index in [9.17, 15) is 21.6 Å². The Balaban J connectivity index is 1.90. The number of rotatable bonds is 4. The highest BCUT2D eigenvalue weighted by Crippen LogP contribution is 2.54. The molecule has 0 amide bonds. The van der Waals surface area contributed by atoms with Crippen molar-refractivity contribution in [1.82, 2.24) is 4.72 Å². The lowest BCUT2D eigenvalue weighted by molar-refractivity contribution is -0.137. The van der Waals surface area contributed by atoms with Crippen molar-refractivity contribution in [2.24, 2.45) is 0 Å². The van der Waals surface area contributed by atoms with E-state index in [1.165, 1.54) is 13.8 Å². The van der Waals surface area contributed by atoms with Crippen LogP contribution in [0.15, 0.2) is 18.2 Å². The van der Waals surface area contributed by atoms with E-state index in [2.05, 4.69) is 41.4 Å². The Labute approximate surface area is 177 Å². The molecular formula is C22H29F3N2O2S. The number of sulfonamides is 1. The van der Waals surface area contributed by atoms with Gasteiger partial charge in [0.1, 0.15) is 0 Å². The first-order valence-electron chi connectivity index (χ1n) is 10.3. The Bertz CT molecular complexity index is 968. The van der Waals surface area contributed by atoms with E-state index < -0.39 is 39.3 Å².